The van der Waals surface area contributed by atoms with Gasteiger partial charge in [0.1, 0.15) is 18.1 Å². The van der Waals surface area contributed by atoms with Crippen LogP contribution in [0.5, 0.6) is 5.75 Å². The van der Waals surface area contributed by atoms with Crippen molar-refractivity contribution < 1.29 is 28.3 Å². The molecule has 3 rings (SSSR count). The fourth-order valence-corrected chi connectivity index (χ4v) is 3.03. The van der Waals surface area contributed by atoms with E-state index < -0.39 is 24.4 Å². The number of hydrogen-bond donors (Lipinski definition) is 1. The van der Waals surface area contributed by atoms with Crippen LogP contribution >= 0.6 is 11.6 Å². The summed E-state index contributed by atoms with van der Waals surface area (Å²) in [6.45, 7) is -0.197. The SMILES string of the molecule is CN(CC(=O)NCc1ccco1)C(=O)COC(=O)[C@@H]1COc2ccc(Cl)cc2C1. The Morgan fingerprint density at radius 2 is 2.14 bits per heavy atom. The first-order chi connectivity index (χ1) is 13.9. The number of likely N-dealkylation sites (N-methyl/N-ethyl adjacent to an activating group) is 1. The van der Waals surface area contributed by atoms with Crippen LogP contribution in [0, 0.1) is 5.92 Å². The molecular formula is C20H21ClN2O6. The highest BCUT2D eigenvalue weighted by molar-refractivity contribution is 6.30. The third kappa shape index (κ3) is 5.74. The number of halogens is 1. The van der Waals surface area contributed by atoms with Crippen LogP contribution < -0.4 is 10.1 Å². The molecule has 2 amide bonds. The van der Waals surface area contributed by atoms with E-state index in [1.165, 1.54) is 18.2 Å². The summed E-state index contributed by atoms with van der Waals surface area (Å²) in [5, 5.41) is 3.20. The predicted octanol–water partition coefficient (Wildman–Crippen LogP) is 1.80. The van der Waals surface area contributed by atoms with Gasteiger partial charge >= 0.3 is 5.97 Å². The smallest absolute Gasteiger partial charge is 0.313 e. The Kier molecular flexibility index (Phi) is 6.77. The molecule has 0 fully saturated rings. The molecule has 29 heavy (non-hydrogen) atoms. The summed E-state index contributed by atoms with van der Waals surface area (Å²) in [5.74, 6) is -0.576. The van der Waals surface area contributed by atoms with Crippen LogP contribution in [0.1, 0.15) is 11.3 Å². The van der Waals surface area contributed by atoms with Crippen LogP contribution in [0.3, 0.4) is 0 Å². The lowest BCUT2D eigenvalue weighted by Crippen LogP contribution is -2.40. The van der Waals surface area contributed by atoms with E-state index in [0.717, 1.165) is 5.56 Å². The van der Waals surface area contributed by atoms with Crippen LogP contribution in [-0.2, 0) is 32.1 Å². The van der Waals surface area contributed by atoms with Crippen LogP contribution in [0.15, 0.2) is 41.0 Å². The number of hydrogen-bond acceptors (Lipinski definition) is 6. The summed E-state index contributed by atoms with van der Waals surface area (Å²) < 4.78 is 15.8. The number of carbonyl (C=O) groups is 3. The Hall–Kier alpha value is -3.00. The zero-order valence-electron chi connectivity index (χ0n) is 15.9. The quantitative estimate of drug-likeness (QED) is 0.686. The number of fused-ring (bicyclic) bond motifs is 1. The first-order valence-corrected chi connectivity index (χ1v) is 9.41. The summed E-state index contributed by atoms with van der Waals surface area (Å²) in [5.41, 5.74) is 0.822. The standard InChI is InChI=1S/C20H21ClN2O6/c1-23(10-18(24)22-9-16-3-2-6-27-16)19(25)12-29-20(26)14-7-13-8-15(21)4-5-17(13)28-11-14/h2-6,8,14H,7,9-12H2,1H3,(H,22,24)/t14-/m0/s1. The fourth-order valence-electron chi connectivity index (χ4n) is 2.83. The van der Waals surface area contributed by atoms with Crippen molar-refractivity contribution in [1.82, 2.24) is 10.2 Å². The van der Waals surface area contributed by atoms with Gasteiger partial charge in [-0.25, -0.2) is 0 Å². The zero-order valence-corrected chi connectivity index (χ0v) is 16.6. The maximum atomic E-state index is 12.3. The van der Waals surface area contributed by atoms with Gasteiger partial charge in [0.2, 0.25) is 5.91 Å². The second-order valence-electron chi connectivity index (χ2n) is 6.68. The Morgan fingerprint density at radius 3 is 2.90 bits per heavy atom. The van der Waals surface area contributed by atoms with Crippen molar-refractivity contribution in [2.24, 2.45) is 5.92 Å². The summed E-state index contributed by atoms with van der Waals surface area (Å²) >= 11 is 5.97. The lowest BCUT2D eigenvalue weighted by Gasteiger charge is -2.24. The number of furan rings is 1. The molecule has 1 aliphatic heterocycles. The van der Waals surface area contributed by atoms with Crippen molar-refractivity contribution in [2.75, 3.05) is 26.8 Å². The first kappa shape index (κ1) is 20.7. The molecule has 0 spiro atoms. The average Bonchev–Trinajstić information content (AvgIpc) is 3.23. The second-order valence-corrected chi connectivity index (χ2v) is 7.11. The second kappa shape index (κ2) is 9.47. The predicted molar refractivity (Wildman–Crippen MR) is 103 cm³/mol. The molecular weight excluding hydrogens is 400 g/mol. The Bertz CT molecular complexity index is 883. The van der Waals surface area contributed by atoms with Crippen LogP contribution in [0.2, 0.25) is 5.02 Å². The monoisotopic (exact) mass is 420 g/mol. The number of amides is 2. The topological polar surface area (TPSA) is 98.1 Å². The van der Waals surface area contributed by atoms with Crippen molar-refractivity contribution in [3.8, 4) is 5.75 Å². The Labute approximate surface area is 172 Å². The highest BCUT2D eigenvalue weighted by atomic mass is 35.5. The highest BCUT2D eigenvalue weighted by Crippen LogP contribution is 2.30. The van der Waals surface area contributed by atoms with Gasteiger partial charge in [-0.3, -0.25) is 14.4 Å². The van der Waals surface area contributed by atoms with E-state index in [4.69, 9.17) is 25.5 Å². The molecule has 1 aliphatic rings. The van der Waals surface area contributed by atoms with Gasteiger partial charge in [0.25, 0.3) is 5.91 Å². The summed E-state index contributed by atoms with van der Waals surface area (Å²) in [6.07, 6.45) is 1.93. The summed E-state index contributed by atoms with van der Waals surface area (Å²) in [4.78, 5) is 37.5. The molecule has 2 heterocycles. The number of rotatable bonds is 7. The average molecular weight is 421 g/mol. The van der Waals surface area contributed by atoms with E-state index in [0.29, 0.717) is 23.0 Å². The number of ether oxygens (including phenoxy) is 2. The van der Waals surface area contributed by atoms with Gasteiger partial charge < -0.3 is 24.1 Å². The van der Waals surface area contributed by atoms with Gasteiger partial charge in [0, 0.05) is 12.1 Å². The maximum absolute atomic E-state index is 12.3. The van der Waals surface area contributed by atoms with Crippen LogP contribution in [0.25, 0.3) is 0 Å². The van der Waals surface area contributed by atoms with Gasteiger partial charge in [-0.05, 0) is 42.3 Å². The number of carbonyl (C=O) groups excluding carboxylic acids is 3. The molecule has 8 nitrogen and oxygen atoms in total. The largest absolute Gasteiger partial charge is 0.492 e. The Morgan fingerprint density at radius 1 is 1.31 bits per heavy atom. The number of nitrogens with one attached hydrogen (secondary N) is 1. The molecule has 0 saturated carbocycles. The van der Waals surface area contributed by atoms with E-state index in [1.54, 1.807) is 30.3 Å². The number of esters is 1. The van der Waals surface area contributed by atoms with E-state index in [1.807, 2.05) is 0 Å². The molecule has 1 aromatic carbocycles. The lowest BCUT2D eigenvalue weighted by atomic mass is 9.97. The molecule has 2 aromatic rings. The molecule has 9 heteroatoms. The fraction of sp³-hybridized carbons (Fsp3) is 0.350. The van der Waals surface area contributed by atoms with Crippen molar-refractivity contribution in [1.29, 1.82) is 0 Å². The van der Waals surface area contributed by atoms with E-state index in [2.05, 4.69) is 5.32 Å². The molecule has 1 N–H and O–H groups in total. The molecule has 0 saturated heterocycles. The van der Waals surface area contributed by atoms with E-state index in [-0.39, 0.29) is 25.6 Å². The third-order valence-corrected chi connectivity index (χ3v) is 4.68. The van der Waals surface area contributed by atoms with Crippen molar-refractivity contribution in [2.45, 2.75) is 13.0 Å². The van der Waals surface area contributed by atoms with Crippen molar-refractivity contribution in [3.05, 3.63) is 52.9 Å². The normalized spacial score (nSPS) is 15.0. The molecule has 0 radical (unpaired) electrons. The minimum atomic E-state index is -0.528. The van der Waals surface area contributed by atoms with Gasteiger partial charge in [-0.2, -0.15) is 0 Å². The maximum Gasteiger partial charge on any atom is 0.313 e. The Balaban J connectivity index is 1.41. The summed E-state index contributed by atoms with van der Waals surface area (Å²) in [6, 6.07) is 8.68. The van der Waals surface area contributed by atoms with E-state index in [9.17, 15) is 14.4 Å². The molecule has 1 aromatic heterocycles. The molecule has 154 valence electrons. The van der Waals surface area contributed by atoms with Crippen LogP contribution in [-0.4, -0.2) is 49.5 Å². The van der Waals surface area contributed by atoms with Crippen LogP contribution in [0.4, 0.5) is 0 Å². The van der Waals surface area contributed by atoms with Gasteiger partial charge in [0.15, 0.2) is 6.61 Å². The van der Waals surface area contributed by atoms with Gasteiger partial charge in [0.05, 0.1) is 25.3 Å². The number of benzene rings is 1. The van der Waals surface area contributed by atoms with Gasteiger partial charge in [-0.1, -0.05) is 11.6 Å². The van der Waals surface area contributed by atoms with Crippen molar-refractivity contribution in [3.63, 3.8) is 0 Å². The summed E-state index contributed by atoms with van der Waals surface area (Å²) in [7, 11) is 1.46. The number of nitrogens with zero attached hydrogens (tertiary/aromatic N) is 1. The third-order valence-electron chi connectivity index (χ3n) is 4.45. The zero-order chi connectivity index (χ0) is 20.8. The first-order valence-electron chi connectivity index (χ1n) is 9.03. The molecule has 0 aliphatic carbocycles. The van der Waals surface area contributed by atoms with Gasteiger partial charge in [-0.15, -0.1) is 0 Å². The highest BCUT2D eigenvalue weighted by Gasteiger charge is 2.28. The van der Waals surface area contributed by atoms with Crippen molar-refractivity contribution >= 4 is 29.4 Å². The minimum absolute atomic E-state index is 0.157. The molecule has 0 bridgehead atoms. The van der Waals surface area contributed by atoms with E-state index >= 15 is 0 Å². The molecule has 0 unspecified atom stereocenters. The minimum Gasteiger partial charge on any atom is -0.492 e. The lowest BCUT2D eigenvalue weighted by molar-refractivity contribution is -0.156. The molecule has 1 atom stereocenters.